The van der Waals surface area contributed by atoms with Crippen molar-refractivity contribution in [1.29, 1.82) is 0 Å². The Labute approximate surface area is 136 Å². The topological polar surface area (TPSA) is 167 Å². The predicted octanol–water partition coefficient (Wildman–Crippen LogP) is -10.2. The van der Waals surface area contributed by atoms with Crippen LogP contribution < -0.4 is 101 Å². The summed E-state index contributed by atoms with van der Waals surface area (Å²) >= 11 is 0. The van der Waals surface area contributed by atoms with E-state index in [-0.39, 0.29) is 83.8 Å². The van der Waals surface area contributed by atoms with Gasteiger partial charge in [0.25, 0.3) is 7.82 Å². The van der Waals surface area contributed by atoms with Gasteiger partial charge in [-0.1, -0.05) is 0 Å². The van der Waals surface area contributed by atoms with Crippen molar-refractivity contribution in [2.75, 3.05) is 0 Å². The number of phosphoric acid groups is 2. The smallest absolute Gasteiger partial charge is 0.822 e. The molecule has 0 aromatic carbocycles. The zero-order chi connectivity index (χ0) is 9.00. The van der Waals surface area contributed by atoms with Gasteiger partial charge in [-0.15, -0.1) is 0 Å². The zero-order valence-electron chi connectivity index (χ0n) is 8.24. The van der Waals surface area contributed by atoms with Crippen LogP contribution in [0.5, 0.6) is 0 Å². The third-order valence-electron chi connectivity index (χ3n) is 0. The van der Waals surface area contributed by atoms with Crippen molar-refractivity contribution in [3.63, 3.8) is 0 Å². The summed E-state index contributed by atoms with van der Waals surface area (Å²) in [6.07, 6.45) is 0. The summed E-state index contributed by atoms with van der Waals surface area (Å²) in [7, 11) is -10.3. The monoisotopic (exact) mass is 256 g/mol. The molecule has 12 heteroatoms. The molecule has 0 atom stereocenters. The minimum atomic E-state index is -5.39. The first-order chi connectivity index (χ1) is 4.00. The maximum atomic E-state index is 8.77. The summed E-state index contributed by atoms with van der Waals surface area (Å²) in [5, 5.41) is 0. The first kappa shape index (κ1) is 24.2. The van der Waals surface area contributed by atoms with Crippen molar-refractivity contribution in [3.8, 4) is 0 Å². The number of hydrogen-bond acceptors (Lipinski definition) is 6. The Morgan fingerprint density at radius 2 is 1.00 bits per heavy atom. The van der Waals surface area contributed by atoms with Crippen LogP contribution in [-0.4, -0.2) is 9.79 Å². The van der Waals surface area contributed by atoms with Gasteiger partial charge in [0.2, 0.25) is 0 Å². The molecule has 0 spiro atoms. The molecular formula is H4KNaO8P2. The Bertz CT molecular complexity index is 138. The summed E-state index contributed by atoms with van der Waals surface area (Å²) in [5.41, 5.74) is 0. The summed E-state index contributed by atoms with van der Waals surface area (Å²) in [5.74, 6) is 0. The van der Waals surface area contributed by atoms with Gasteiger partial charge in [-0.3, -0.25) is 4.57 Å². The van der Waals surface area contributed by atoms with Gasteiger partial charge in [-0.25, -0.2) is 0 Å². The first-order valence-electron chi connectivity index (χ1n) is 1.50. The van der Waals surface area contributed by atoms with Gasteiger partial charge < -0.3 is 33.9 Å². The molecule has 2 N–H and O–H groups in total. The van der Waals surface area contributed by atoms with Gasteiger partial charge in [0, 0.05) is 0 Å². The molecule has 0 fully saturated rings. The van der Waals surface area contributed by atoms with Gasteiger partial charge >= 0.3 is 83.8 Å². The van der Waals surface area contributed by atoms with E-state index >= 15 is 0 Å². The Balaban J connectivity index is -0.0000000178. The summed E-state index contributed by atoms with van der Waals surface area (Å²) < 4.78 is 17.3. The molecule has 0 rings (SSSR count). The Morgan fingerprint density at radius 1 is 1.00 bits per heavy atom. The molecule has 0 amide bonds. The van der Waals surface area contributed by atoms with E-state index in [1.807, 2.05) is 0 Å². The van der Waals surface area contributed by atoms with E-state index in [4.69, 9.17) is 38.5 Å². The minimum Gasteiger partial charge on any atom is -0.822 e. The predicted molar refractivity (Wildman–Crippen MR) is 21.9 cm³/mol. The standard InChI is InChI=1S/K.Na.2H3O4P/c;;2*1-5(2,3)4/h;;2*(H3,1,2,3,4)/q2*+1;;/p-2. The average molecular weight is 256 g/mol. The normalized spacial score (nSPS) is 9.83. The third kappa shape index (κ3) is 222. The van der Waals surface area contributed by atoms with Gasteiger partial charge in [0.05, 0.1) is 0 Å². The van der Waals surface area contributed by atoms with Crippen LogP contribution in [0.4, 0.5) is 0 Å². The molecule has 0 radical (unpaired) electrons. The van der Waals surface area contributed by atoms with E-state index < -0.39 is 15.6 Å². The van der Waals surface area contributed by atoms with Crippen LogP contribution >= 0.6 is 15.6 Å². The molecule has 0 aromatic rings. The van der Waals surface area contributed by atoms with E-state index in [0.717, 1.165) is 0 Å². The second-order valence-corrected chi connectivity index (χ2v) is 2.81. The molecule has 8 nitrogen and oxygen atoms in total. The first-order valence-corrected chi connectivity index (χ1v) is 4.49. The van der Waals surface area contributed by atoms with E-state index in [1.54, 1.807) is 0 Å². The summed E-state index contributed by atoms with van der Waals surface area (Å²) in [6.45, 7) is 0. The van der Waals surface area contributed by atoms with Gasteiger partial charge in [0.15, 0.2) is 0 Å². The SMILES string of the molecule is O=P([O-])(O)O.O=P([O-])([O-])[O-].[H+].[H+].[K+].[Na+]. The van der Waals surface area contributed by atoms with E-state index in [9.17, 15) is 0 Å². The molecule has 0 unspecified atom stereocenters. The number of hydrogen-bond donors (Lipinski definition) is 2. The molecule has 0 saturated carbocycles. The van der Waals surface area contributed by atoms with Crippen molar-refractivity contribution in [2.45, 2.75) is 0 Å². The fraction of sp³-hybridized carbons (Fsp3) is 0. The van der Waals surface area contributed by atoms with Gasteiger partial charge in [0.1, 0.15) is 0 Å². The van der Waals surface area contributed by atoms with Crippen LogP contribution in [0, 0.1) is 0 Å². The summed E-state index contributed by atoms with van der Waals surface area (Å²) in [4.78, 5) is 48.6. The minimum absolute atomic E-state index is 0. The second kappa shape index (κ2) is 10.4. The van der Waals surface area contributed by atoms with Crippen LogP contribution in [0.1, 0.15) is 2.85 Å². The van der Waals surface area contributed by atoms with Crippen molar-refractivity contribution < 1.29 is 122 Å². The number of rotatable bonds is 0. The van der Waals surface area contributed by atoms with Crippen molar-refractivity contribution in [1.82, 2.24) is 0 Å². The van der Waals surface area contributed by atoms with Gasteiger partial charge in [-0.05, 0) is 0 Å². The Morgan fingerprint density at radius 3 is 1.00 bits per heavy atom. The molecule has 0 heterocycles. The van der Waals surface area contributed by atoms with Crippen LogP contribution in [0.25, 0.3) is 0 Å². The van der Waals surface area contributed by atoms with Crippen LogP contribution in [0.2, 0.25) is 0 Å². The van der Waals surface area contributed by atoms with Crippen molar-refractivity contribution in [2.24, 2.45) is 0 Å². The average Bonchev–Trinajstić information content (AvgIpc) is 1.12. The third-order valence-corrected chi connectivity index (χ3v) is 0. The van der Waals surface area contributed by atoms with Crippen LogP contribution in [0.3, 0.4) is 0 Å². The van der Waals surface area contributed by atoms with Gasteiger partial charge in [-0.2, -0.15) is 7.82 Å². The van der Waals surface area contributed by atoms with Crippen molar-refractivity contribution in [3.05, 3.63) is 0 Å². The maximum Gasteiger partial charge on any atom is 1.00 e. The molecule has 0 aliphatic heterocycles. The van der Waals surface area contributed by atoms with Crippen LogP contribution in [-0.2, 0) is 9.13 Å². The molecule has 0 aliphatic rings. The second-order valence-electron chi connectivity index (χ2n) is 0.938. The maximum absolute atomic E-state index is 8.77. The molecule has 12 heavy (non-hydrogen) atoms. The molecule has 0 aromatic heterocycles. The van der Waals surface area contributed by atoms with Crippen LogP contribution in [0.15, 0.2) is 0 Å². The fourth-order valence-corrected chi connectivity index (χ4v) is 0. The van der Waals surface area contributed by atoms with E-state index in [2.05, 4.69) is 0 Å². The molecule has 0 aliphatic carbocycles. The largest absolute Gasteiger partial charge is 1.00 e. The molecule has 0 saturated heterocycles. The Hall–Kier alpha value is 2.86. The van der Waals surface area contributed by atoms with E-state index in [0.29, 0.717) is 0 Å². The quantitative estimate of drug-likeness (QED) is 0.318. The zero-order valence-corrected chi connectivity index (χ0v) is 13.2. The summed E-state index contributed by atoms with van der Waals surface area (Å²) in [6, 6.07) is 0. The van der Waals surface area contributed by atoms with E-state index in [1.165, 1.54) is 0 Å². The molecule has 0 bridgehead atoms. The Kier molecular flexibility index (Phi) is 20.9. The fourth-order valence-electron chi connectivity index (χ4n) is 0. The molecule has 64 valence electrons. The van der Waals surface area contributed by atoms with Crippen molar-refractivity contribution >= 4 is 15.6 Å². The molecular weight excluding hydrogens is 252 g/mol.